The van der Waals surface area contributed by atoms with Crippen LogP contribution in [0.4, 0.5) is 9.18 Å². The summed E-state index contributed by atoms with van der Waals surface area (Å²) in [5.74, 6) is -0.511. The number of carbonyl (C=O) groups is 2. The lowest BCUT2D eigenvalue weighted by atomic mass is 10.0. The van der Waals surface area contributed by atoms with Crippen molar-refractivity contribution >= 4 is 42.1 Å². The quantitative estimate of drug-likeness (QED) is 0.167. The topological polar surface area (TPSA) is 116 Å². The van der Waals surface area contributed by atoms with Gasteiger partial charge in [0, 0.05) is 57.4 Å². The highest BCUT2D eigenvalue weighted by atomic mass is 28.3. The molecule has 0 radical (unpaired) electrons. The Morgan fingerprint density at radius 3 is 2.48 bits per heavy atom. The highest BCUT2D eigenvalue weighted by Crippen LogP contribution is 2.31. The number of halogens is 1. The van der Waals surface area contributed by atoms with Gasteiger partial charge < -0.3 is 24.3 Å². The molecule has 5 rings (SSSR count). The minimum Gasteiger partial charge on any atom is -0.444 e. The fourth-order valence-electron chi connectivity index (χ4n) is 5.26. The maximum atomic E-state index is 14.5. The van der Waals surface area contributed by atoms with Gasteiger partial charge in [-0.2, -0.15) is 5.10 Å². The summed E-state index contributed by atoms with van der Waals surface area (Å²) in [5, 5.41) is 8.62. The van der Waals surface area contributed by atoms with E-state index >= 15 is 0 Å². The zero-order valence-electron chi connectivity index (χ0n) is 28.4. The van der Waals surface area contributed by atoms with Crippen LogP contribution >= 0.6 is 0 Å². The molecule has 11 nitrogen and oxygen atoms in total. The van der Waals surface area contributed by atoms with Gasteiger partial charge in [0.1, 0.15) is 35.1 Å². The Kier molecular flexibility index (Phi) is 9.04. The van der Waals surface area contributed by atoms with Crippen molar-refractivity contribution in [2.45, 2.75) is 91.6 Å². The third-order valence-electron chi connectivity index (χ3n) is 7.52. The lowest BCUT2D eigenvalue weighted by Crippen LogP contribution is -2.52. The number of benzene rings is 1. The maximum absolute atomic E-state index is 14.5. The predicted molar refractivity (Wildman–Crippen MR) is 179 cm³/mol. The molecule has 13 heteroatoms. The minimum absolute atomic E-state index is 0.128. The Morgan fingerprint density at radius 2 is 1.83 bits per heavy atom. The first-order valence-corrected chi connectivity index (χ1v) is 19.5. The van der Waals surface area contributed by atoms with Crippen molar-refractivity contribution in [3.63, 3.8) is 0 Å². The van der Waals surface area contributed by atoms with E-state index in [1.54, 1.807) is 28.0 Å². The van der Waals surface area contributed by atoms with Gasteiger partial charge in [0.2, 0.25) is 0 Å². The number of rotatable bonds is 9. The SMILES string of the molecule is CC(C)(C)NC(=O)c1cn(COCC[Si](C)(C)C)c2ncc(-c3nn(CC4CN(C(=O)OC(C)(C)C)C4)c4cc(F)ccc34)nc12. The standard InChI is InChI=1S/C33H46FN7O4Si/c1-32(2,3)37-30(42)24-19-40(20-44-12-13-46(7,8)9)29-28(24)36-25(15-35-29)27-23-11-10-22(34)14-26(23)41(38-27)18-21-16-39(17-21)31(43)45-33(4,5)6/h10-11,14-15,19,21H,12-13,16-18,20H2,1-9H3,(H,37,42). The lowest BCUT2D eigenvalue weighted by Gasteiger charge is -2.39. The van der Waals surface area contributed by atoms with Crippen molar-refractivity contribution in [3.05, 3.63) is 42.0 Å². The molecule has 1 N–H and O–H groups in total. The molecule has 0 unspecified atom stereocenters. The fraction of sp³-hybridized carbons (Fsp3) is 0.545. The molecule has 1 aromatic carbocycles. The van der Waals surface area contributed by atoms with E-state index in [4.69, 9.17) is 24.5 Å². The van der Waals surface area contributed by atoms with Crippen LogP contribution in [0.1, 0.15) is 51.9 Å². The van der Waals surface area contributed by atoms with Gasteiger partial charge in [0.25, 0.3) is 5.91 Å². The molecule has 1 aliphatic heterocycles. The Bertz CT molecular complexity index is 1760. The van der Waals surface area contributed by atoms with Gasteiger partial charge in [-0.15, -0.1) is 0 Å². The van der Waals surface area contributed by atoms with Gasteiger partial charge in [-0.25, -0.2) is 19.2 Å². The molecule has 0 aliphatic carbocycles. The molecule has 2 amide bonds. The molecule has 0 saturated carbocycles. The number of fused-ring (bicyclic) bond motifs is 2. The van der Waals surface area contributed by atoms with Crippen LogP contribution in [0.3, 0.4) is 0 Å². The maximum Gasteiger partial charge on any atom is 0.410 e. The smallest absolute Gasteiger partial charge is 0.410 e. The average molecular weight is 652 g/mol. The number of carbonyl (C=O) groups excluding carboxylic acids is 2. The number of hydrogen-bond acceptors (Lipinski definition) is 7. The third kappa shape index (κ3) is 7.92. The Hall–Kier alpha value is -3.84. The predicted octanol–water partition coefficient (Wildman–Crippen LogP) is 6.29. The monoisotopic (exact) mass is 651 g/mol. The molecule has 0 atom stereocenters. The van der Waals surface area contributed by atoms with Crippen molar-refractivity contribution in [1.82, 2.24) is 34.5 Å². The molecule has 0 spiro atoms. The molecule has 3 aromatic heterocycles. The van der Waals surface area contributed by atoms with Crippen LogP contribution in [0.5, 0.6) is 0 Å². The number of hydrogen-bond donors (Lipinski definition) is 1. The second-order valence-corrected chi connectivity index (χ2v) is 21.1. The summed E-state index contributed by atoms with van der Waals surface area (Å²) in [4.78, 5) is 37.2. The molecule has 1 fully saturated rings. The first-order valence-electron chi connectivity index (χ1n) is 15.8. The molecule has 0 bridgehead atoms. The van der Waals surface area contributed by atoms with Crippen molar-refractivity contribution in [2.24, 2.45) is 5.92 Å². The van der Waals surface area contributed by atoms with Crippen molar-refractivity contribution < 1.29 is 23.5 Å². The lowest BCUT2D eigenvalue weighted by molar-refractivity contribution is -0.00364. The molecule has 46 heavy (non-hydrogen) atoms. The van der Waals surface area contributed by atoms with Crippen LogP contribution in [0.2, 0.25) is 25.7 Å². The number of nitrogens with zero attached hydrogens (tertiary/aromatic N) is 6. The second-order valence-electron chi connectivity index (χ2n) is 15.4. The summed E-state index contributed by atoms with van der Waals surface area (Å²) in [5.41, 5.74) is 1.95. The van der Waals surface area contributed by atoms with E-state index in [0.29, 0.717) is 65.3 Å². The van der Waals surface area contributed by atoms with Crippen LogP contribution in [0.15, 0.2) is 30.6 Å². The second kappa shape index (κ2) is 12.4. The van der Waals surface area contributed by atoms with Gasteiger partial charge >= 0.3 is 6.09 Å². The van der Waals surface area contributed by atoms with E-state index < -0.39 is 19.2 Å². The summed E-state index contributed by atoms with van der Waals surface area (Å²) in [6, 6.07) is 5.57. The van der Waals surface area contributed by atoms with Gasteiger partial charge in [-0.1, -0.05) is 19.6 Å². The van der Waals surface area contributed by atoms with E-state index in [1.807, 2.05) is 46.1 Å². The van der Waals surface area contributed by atoms with E-state index in [0.717, 1.165) is 6.04 Å². The summed E-state index contributed by atoms with van der Waals surface area (Å²) in [7, 11) is -1.27. The molecule has 4 heterocycles. The first kappa shape index (κ1) is 33.5. The van der Waals surface area contributed by atoms with Crippen molar-refractivity contribution in [3.8, 4) is 11.4 Å². The summed E-state index contributed by atoms with van der Waals surface area (Å²) < 4.78 is 29.5. The fourth-order valence-corrected chi connectivity index (χ4v) is 6.02. The molecule has 4 aromatic rings. The van der Waals surface area contributed by atoms with Crippen LogP contribution in [0, 0.1) is 11.7 Å². The van der Waals surface area contributed by atoms with Crippen LogP contribution in [0.25, 0.3) is 33.5 Å². The number of aromatic nitrogens is 5. The highest BCUT2D eigenvalue weighted by molar-refractivity contribution is 6.76. The third-order valence-corrected chi connectivity index (χ3v) is 9.23. The number of likely N-dealkylation sites (tertiary alicyclic amines) is 1. The Labute approximate surface area is 270 Å². The zero-order valence-corrected chi connectivity index (χ0v) is 29.4. The summed E-state index contributed by atoms with van der Waals surface area (Å²) in [6.07, 6.45) is 3.03. The Morgan fingerprint density at radius 1 is 1.11 bits per heavy atom. The molecule has 1 saturated heterocycles. The number of amides is 2. The van der Waals surface area contributed by atoms with E-state index in [2.05, 4.69) is 25.0 Å². The van der Waals surface area contributed by atoms with Crippen molar-refractivity contribution in [1.29, 1.82) is 0 Å². The summed E-state index contributed by atoms with van der Waals surface area (Å²) >= 11 is 0. The van der Waals surface area contributed by atoms with Gasteiger partial charge in [-0.3, -0.25) is 9.48 Å². The van der Waals surface area contributed by atoms with E-state index in [-0.39, 0.29) is 30.5 Å². The van der Waals surface area contributed by atoms with Crippen LogP contribution in [-0.4, -0.2) is 80.1 Å². The summed E-state index contributed by atoms with van der Waals surface area (Å²) in [6.45, 7) is 20.6. The minimum atomic E-state index is -1.27. The number of nitrogens with one attached hydrogen (secondary N) is 1. The van der Waals surface area contributed by atoms with Gasteiger partial charge in [0.05, 0.1) is 17.3 Å². The highest BCUT2D eigenvalue weighted by Gasteiger charge is 2.34. The Balaban J connectivity index is 1.46. The molecular weight excluding hydrogens is 605 g/mol. The van der Waals surface area contributed by atoms with E-state index in [9.17, 15) is 14.0 Å². The molecule has 1 aliphatic rings. The van der Waals surface area contributed by atoms with E-state index in [1.165, 1.54) is 12.1 Å². The van der Waals surface area contributed by atoms with Crippen LogP contribution in [-0.2, 0) is 22.7 Å². The number of ether oxygens (including phenoxy) is 2. The average Bonchev–Trinajstić information content (AvgIpc) is 3.43. The molecular formula is C33H46FN7O4Si. The van der Waals surface area contributed by atoms with Crippen LogP contribution < -0.4 is 5.32 Å². The normalized spacial score (nSPS) is 14.6. The van der Waals surface area contributed by atoms with Gasteiger partial charge in [0.15, 0.2) is 5.65 Å². The molecule has 248 valence electrons. The van der Waals surface area contributed by atoms with Gasteiger partial charge in [-0.05, 0) is 65.8 Å². The van der Waals surface area contributed by atoms with Crippen molar-refractivity contribution in [2.75, 3.05) is 19.7 Å². The zero-order chi connectivity index (χ0) is 33.6. The first-order chi connectivity index (χ1) is 21.4. The largest absolute Gasteiger partial charge is 0.444 e.